The molecule has 1 N–H and O–H groups in total. The van der Waals surface area contributed by atoms with Gasteiger partial charge in [0.25, 0.3) is 5.91 Å². The van der Waals surface area contributed by atoms with E-state index in [9.17, 15) is 13.2 Å². The van der Waals surface area contributed by atoms with E-state index < -0.39 is 15.9 Å². The zero-order valence-electron chi connectivity index (χ0n) is 16.9. The first-order chi connectivity index (χ1) is 14.9. The molecule has 1 fully saturated rings. The molecule has 0 atom stereocenters. The molecule has 1 aromatic heterocycles. The molecule has 31 heavy (non-hydrogen) atoms. The number of hydrogen-bond acceptors (Lipinski definition) is 6. The van der Waals surface area contributed by atoms with E-state index in [4.69, 9.17) is 16.3 Å². The Balaban J connectivity index is 1.59. The van der Waals surface area contributed by atoms with Crippen molar-refractivity contribution in [3.8, 4) is 5.75 Å². The van der Waals surface area contributed by atoms with Crippen LogP contribution in [0.25, 0.3) is 10.2 Å². The van der Waals surface area contributed by atoms with Gasteiger partial charge in [-0.25, -0.2) is 13.4 Å². The lowest BCUT2D eigenvalue weighted by Crippen LogP contribution is -2.32. The Morgan fingerprint density at radius 2 is 1.87 bits per heavy atom. The van der Waals surface area contributed by atoms with Crippen molar-refractivity contribution in [2.24, 2.45) is 0 Å². The van der Waals surface area contributed by atoms with E-state index in [1.165, 1.54) is 33.8 Å². The Kier molecular flexibility index (Phi) is 6.47. The van der Waals surface area contributed by atoms with Crippen LogP contribution in [0.3, 0.4) is 0 Å². The Morgan fingerprint density at radius 3 is 2.58 bits per heavy atom. The Bertz CT molecular complexity index is 1220. The number of fused-ring (bicyclic) bond motifs is 1. The second kappa shape index (κ2) is 9.12. The van der Waals surface area contributed by atoms with Gasteiger partial charge in [-0.1, -0.05) is 35.8 Å². The molecule has 2 heterocycles. The number of nitrogens with zero attached hydrogens (tertiary/aromatic N) is 2. The highest BCUT2D eigenvalue weighted by Gasteiger charge is 2.28. The minimum atomic E-state index is -3.78. The summed E-state index contributed by atoms with van der Waals surface area (Å²) in [5, 5.41) is 3.27. The molecule has 4 rings (SSSR count). The van der Waals surface area contributed by atoms with Crippen LogP contribution in [0, 0.1) is 0 Å². The summed E-state index contributed by atoms with van der Waals surface area (Å²) < 4.78 is 33.9. The molecule has 0 aliphatic carbocycles. The summed E-state index contributed by atoms with van der Waals surface area (Å²) in [5.74, 6) is 0.255. The summed E-state index contributed by atoms with van der Waals surface area (Å²) in [5.41, 5.74) is 0.941. The smallest absolute Gasteiger partial charge is 0.257 e. The summed E-state index contributed by atoms with van der Waals surface area (Å²) >= 11 is 7.54. The third-order valence-corrected chi connectivity index (χ3v) is 8.51. The second-order valence-corrected chi connectivity index (χ2v) is 10.6. The molecule has 1 aliphatic heterocycles. The molecular formula is C21H22ClN3O4S2. The van der Waals surface area contributed by atoms with Gasteiger partial charge < -0.3 is 4.74 Å². The number of carbonyl (C=O) groups is 1. The van der Waals surface area contributed by atoms with E-state index in [0.717, 1.165) is 35.9 Å². The Labute approximate surface area is 190 Å². The number of hydrogen-bond donors (Lipinski definition) is 1. The SMILES string of the molecule is COc1ccc2nc(NC(=O)c3ccc(Cl)c(S(=O)(=O)N4CCCCCC4)c3)sc2c1. The highest BCUT2D eigenvalue weighted by Crippen LogP contribution is 2.31. The fourth-order valence-electron chi connectivity index (χ4n) is 3.52. The van der Waals surface area contributed by atoms with Gasteiger partial charge in [-0.05, 0) is 49.2 Å². The first-order valence-electron chi connectivity index (χ1n) is 9.94. The monoisotopic (exact) mass is 479 g/mol. The molecule has 3 aromatic rings. The summed E-state index contributed by atoms with van der Waals surface area (Å²) in [4.78, 5) is 17.2. The summed E-state index contributed by atoms with van der Waals surface area (Å²) in [7, 11) is -2.19. The number of thiazole rings is 1. The average Bonchev–Trinajstić information content (AvgIpc) is 2.95. The maximum Gasteiger partial charge on any atom is 0.257 e. The maximum atomic E-state index is 13.2. The molecule has 0 saturated carbocycles. The summed E-state index contributed by atoms with van der Waals surface area (Å²) in [6.45, 7) is 0.925. The minimum absolute atomic E-state index is 0.0437. The fraction of sp³-hybridized carbons (Fsp3) is 0.333. The molecule has 1 aliphatic rings. The van der Waals surface area contributed by atoms with E-state index in [0.29, 0.717) is 24.0 Å². The van der Waals surface area contributed by atoms with E-state index >= 15 is 0 Å². The molecule has 2 aromatic carbocycles. The van der Waals surface area contributed by atoms with Crippen LogP contribution in [0.15, 0.2) is 41.3 Å². The number of nitrogens with one attached hydrogen (secondary N) is 1. The molecule has 164 valence electrons. The van der Waals surface area contributed by atoms with Crippen LogP contribution in [0.5, 0.6) is 5.75 Å². The normalized spacial score (nSPS) is 15.5. The van der Waals surface area contributed by atoms with Crippen LogP contribution in [-0.2, 0) is 10.0 Å². The molecule has 1 amide bonds. The summed E-state index contributed by atoms with van der Waals surface area (Å²) in [6.07, 6.45) is 3.66. The molecule has 7 nitrogen and oxygen atoms in total. The highest BCUT2D eigenvalue weighted by molar-refractivity contribution is 7.89. The van der Waals surface area contributed by atoms with Gasteiger partial charge in [0.05, 0.1) is 22.3 Å². The number of anilines is 1. The van der Waals surface area contributed by atoms with Crippen LogP contribution in [0.2, 0.25) is 5.02 Å². The molecule has 1 saturated heterocycles. The lowest BCUT2D eigenvalue weighted by Gasteiger charge is -2.21. The number of sulfonamides is 1. The van der Waals surface area contributed by atoms with Gasteiger partial charge in [0, 0.05) is 18.7 Å². The van der Waals surface area contributed by atoms with Crippen molar-refractivity contribution in [1.82, 2.24) is 9.29 Å². The number of ether oxygens (including phenoxy) is 1. The van der Waals surface area contributed by atoms with Crippen LogP contribution < -0.4 is 10.1 Å². The number of methoxy groups -OCH3 is 1. The zero-order chi connectivity index (χ0) is 22.0. The van der Waals surface area contributed by atoms with Crippen molar-refractivity contribution in [3.05, 3.63) is 47.0 Å². The number of halogens is 1. The third kappa shape index (κ3) is 4.69. The second-order valence-electron chi connectivity index (χ2n) is 7.27. The van der Waals surface area contributed by atoms with E-state index in [1.807, 2.05) is 12.1 Å². The van der Waals surface area contributed by atoms with Crippen molar-refractivity contribution >= 4 is 54.2 Å². The summed E-state index contributed by atoms with van der Waals surface area (Å²) in [6, 6.07) is 9.76. The largest absolute Gasteiger partial charge is 0.497 e. The van der Waals surface area contributed by atoms with Crippen LogP contribution in [-0.4, -0.2) is 43.8 Å². The average molecular weight is 480 g/mol. The van der Waals surface area contributed by atoms with Gasteiger partial charge >= 0.3 is 0 Å². The van der Waals surface area contributed by atoms with Gasteiger partial charge in [0.15, 0.2) is 5.13 Å². The first kappa shape index (κ1) is 22.0. The van der Waals surface area contributed by atoms with Crippen molar-refractivity contribution in [3.63, 3.8) is 0 Å². The van der Waals surface area contributed by atoms with E-state index in [-0.39, 0.29) is 15.5 Å². The molecule has 0 bridgehead atoms. The van der Waals surface area contributed by atoms with E-state index in [2.05, 4.69) is 10.3 Å². The number of rotatable bonds is 5. The van der Waals surface area contributed by atoms with Crippen molar-refractivity contribution < 1.29 is 17.9 Å². The van der Waals surface area contributed by atoms with Gasteiger partial charge in [-0.2, -0.15) is 4.31 Å². The lowest BCUT2D eigenvalue weighted by molar-refractivity contribution is 0.102. The quantitative estimate of drug-likeness (QED) is 0.569. The van der Waals surface area contributed by atoms with E-state index in [1.54, 1.807) is 13.2 Å². The Hall–Kier alpha value is -2.20. The predicted octanol–water partition coefficient (Wildman–Crippen LogP) is 4.78. The molecule has 0 spiro atoms. The van der Waals surface area contributed by atoms with Gasteiger partial charge in [0.2, 0.25) is 10.0 Å². The van der Waals surface area contributed by atoms with Crippen molar-refractivity contribution in [2.75, 3.05) is 25.5 Å². The number of benzene rings is 2. The van der Waals surface area contributed by atoms with Crippen LogP contribution >= 0.6 is 22.9 Å². The molecule has 0 unspecified atom stereocenters. The topological polar surface area (TPSA) is 88.6 Å². The zero-order valence-corrected chi connectivity index (χ0v) is 19.3. The number of amides is 1. The van der Waals surface area contributed by atoms with Gasteiger partial charge in [-0.15, -0.1) is 0 Å². The fourth-order valence-corrected chi connectivity index (χ4v) is 6.42. The standard InChI is InChI=1S/C21H22ClN3O4S2/c1-29-15-7-9-17-18(13-15)30-21(23-17)24-20(26)14-6-8-16(22)19(12-14)31(27,28)25-10-4-2-3-5-11-25/h6-9,12-13H,2-5,10-11H2,1H3,(H,23,24,26). The maximum absolute atomic E-state index is 13.2. The van der Waals surface area contributed by atoms with Gasteiger partial charge in [-0.3, -0.25) is 10.1 Å². The van der Waals surface area contributed by atoms with Crippen molar-refractivity contribution in [2.45, 2.75) is 30.6 Å². The molecular weight excluding hydrogens is 458 g/mol. The first-order valence-corrected chi connectivity index (χ1v) is 12.6. The number of aromatic nitrogens is 1. The third-order valence-electron chi connectivity index (χ3n) is 5.19. The minimum Gasteiger partial charge on any atom is -0.497 e. The number of carbonyl (C=O) groups excluding carboxylic acids is 1. The molecule has 0 radical (unpaired) electrons. The highest BCUT2D eigenvalue weighted by atomic mass is 35.5. The van der Waals surface area contributed by atoms with Crippen LogP contribution in [0.4, 0.5) is 5.13 Å². The van der Waals surface area contributed by atoms with Gasteiger partial charge in [0.1, 0.15) is 10.6 Å². The predicted molar refractivity (Wildman–Crippen MR) is 123 cm³/mol. The van der Waals surface area contributed by atoms with Crippen LogP contribution in [0.1, 0.15) is 36.0 Å². The Morgan fingerprint density at radius 1 is 1.13 bits per heavy atom. The molecule has 10 heteroatoms. The lowest BCUT2D eigenvalue weighted by atomic mass is 10.2. The van der Waals surface area contributed by atoms with Crippen molar-refractivity contribution in [1.29, 1.82) is 0 Å².